The van der Waals surface area contributed by atoms with Crippen molar-refractivity contribution in [1.29, 1.82) is 0 Å². The average molecular weight is 364 g/mol. The number of rotatable bonds is 5. The summed E-state index contributed by atoms with van der Waals surface area (Å²) in [6.45, 7) is 9.56. The van der Waals surface area contributed by atoms with Crippen molar-refractivity contribution in [3.8, 4) is 22.8 Å². The zero-order chi connectivity index (χ0) is 18.6. The van der Waals surface area contributed by atoms with E-state index < -0.39 is 0 Å². The highest BCUT2D eigenvalue weighted by Crippen LogP contribution is 2.29. The standard InChI is InChI=1S/C20H24N6O/c1-15(2)13-25-8-10-26(11-9-25)19-17(12-21-14-22-19)20-23-18(24-27-20)16-6-4-3-5-7-16/h3-7,12,14-15H,8-11,13H2,1-2H3. The van der Waals surface area contributed by atoms with Crippen LogP contribution in [0.15, 0.2) is 47.4 Å². The monoisotopic (exact) mass is 364 g/mol. The molecule has 0 spiro atoms. The van der Waals surface area contributed by atoms with E-state index in [-0.39, 0.29) is 0 Å². The molecule has 0 amide bonds. The Hall–Kier alpha value is -2.80. The minimum Gasteiger partial charge on any atom is -0.353 e. The molecule has 0 radical (unpaired) electrons. The van der Waals surface area contributed by atoms with Crippen molar-refractivity contribution in [2.24, 2.45) is 5.92 Å². The maximum Gasteiger partial charge on any atom is 0.263 e. The van der Waals surface area contributed by atoms with Crippen LogP contribution in [-0.2, 0) is 0 Å². The summed E-state index contributed by atoms with van der Waals surface area (Å²) in [6, 6.07) is 9.81. The molecule has 7 heteroatoms. The van der Waals surface area contributed by atoms with Crippen LogP contribution >= 0.6 is 0 Å². The first kappa shape index (κ1) is 17.6. The summed E-state index contributed by atoms with van der Waals surface area (Å²) in [4.78, 5) is 18.0. The first-order valence-corrected chi connectivity index (χ1v) is 9.37. The highest BCUT2D eigenvalue weighted by atomic mass is 16.5. The minimum absolute atomic E-state index is 0.453. The van der Waals surface area contributed by atoms with Crippen LogP contribution in [0.5, 0.6) is 0 Å². The Balaban J connectivity index is 1.55. The molecule has 0 atom stereocenters. The van der Waals surface area contributed by atoms with E-state index in [1.807, 2.05) is 30.3 Å². The van der Waals surface area contributed by atoms with Crippen LogP contribution in [0.4, 0.5) is 5.82 Å². The fourth-order valence-corrected chi connectivity index (χ4v) is 3.42. The van der Waals surface area contributed by atoms with Crippen molar-refractivity contribution in [1.82, 2.24) is 25.0 Å². The molecular weight excluding hydrogens is 340 g/mol. The number of piperazine rings is 1. The molecule has 0 saturated carbocycles. The van der Waals surface area contributed by atoms with Crippen molar-refractivity contribution in [2.75, 3.05) is 37.6 Å². The third kappa shape index (κ3) is 3.98. The third-order valence-corrected chi connectivity index (χ3v) is 4.67. The van der Waals surface area contributed by atoms with Gasteiger partial charge in [0.1, 0.15) is 17.7 Å². The predicted molar refractivity (Wildman–Crippen MR) is 104 cm³/mol. The molecule has 4 rings (SSSR count). The van der Waals surface area contributed by atoms with E-state index in [0.29, 0.717) is 17.6 Å². The molecular formula is C20H24N6O. The normalized spacial score (nSPS) is 15.4. The van der Waals surface area contributed by atoms with Crippen molar-refractivity contribution in [3.05, 3.63) is 42.9 Å². The largest absolute Gasteiger partial charge is 0.353 e. The molecule has 0 unspecified atom stereocenters. The van der Waals surface area contributed by atoms with Gasteiger partial charge in [-0.3, -0.25) is 4.90 Å². The van der Waals surface area contributed by atoms with Crippen molar-refractivity contribution < 1.29 is 4.52 Å². The highest BCUT2D eigenvalue weighted by molar-refractivity contribution is 5.70. The summed E-state index contributed by atoms with van der Waals surface area (Å²) in [5.41, 5.74) is 1.71. The molecule has 3 heterocycles. The van der Waals surface area contributed by atoms with E-state index in [2.05, 4.69) is 43.8 Å². The Labute approximate surface area is 159 Å². The molecule has 1 aliphatic rings. The molecule has 140 valence electrons. The second-order valence-electron chi connectivity index (χ2n) is 7.23. The Bertz CT molecular complexity index is 871. The number of anilines is 1. The molecule has 27 heavy (non-hydrogen) atoms. The summed E-state index contributed by atoms with van der Waals surface area (Å²) < 4.78 is 5.53. The topological polar surface area (TPSA) is 71.2 Å². The van der Waals surface area contributed by atoms with E-state index >= 15 is 0 Å². The van der Waals surface area contributed by atoms with E-state index in [1.165, 1.54) is 0 Å². The summed E-state index contributed by atoms with van der Waals surface area (Å²) in [5, 5.41) is 4.13. The maximum absolute atomic E-state index is 5.53. The SMILES string of the molecule is CC(C)CN1CCN(c2ncncc2-c2nc(-c3ccccc3)no2)CC1. The maximum atomic E-state index is 5.53. The van der Waals surface area contributed by atoms with Crippen LogP contribution in [0, 0.1) is 5.92 Å². The van der Waals surface area contributed by atoms with E-state index in [4.69, 9.17) is 4.52 Å². The van der Waals surface area contributed by atoms with Gasteiger partial charge in [-0.15, -0.1) is 0 Å². The second kappa shape index (κ2) is 7.84. The van der Waals surface area contributed by atoms with Gasteiger partial charge < -0.3 is 9.42 Å². The highest BCUT2D eigenvalue weighted by Gasteiger charge is 2.23. The van der Waals surface area contributed by atoms with Crippen molar-refractivity contribution >= 4 is 5.82 Å². The Morgan fingerprint density at radius 1 is 1.07 bits per heavy atom. The Kier molecular flexibility index (Phi) is 5.11. The van der Waals surface area contributed by atoms with Crippen LogP contribution in [0.2, 0.25) is 0 Å². The second-order valence-corrected chi connectivity index (χ2v) is 7.23. The van der Waals surface area contributed by atoms with Gasteiger partial charge >= 0.3 is 0 Å². The summed E-state index contributed by atoms with van der Waals surface area (Å²) in [7, 11) is 0. The average Bonchev–Trinajstić information content (AvgIpc) is 3.19. The van der Waals surface area contributed by atoms with Gasteiger partial charge in [-0.1, -0.05) is 49.3 Å². The van der Waals surface area contributed by atoms with Crippen LogP contribution in [-0.4, -0.2) is 57.7 Å². The van der Waals surface area contributed by atoms with Crippen molar-refractivity contribution in [2.45, 2.75) is 13.8 Å². The van der Waals surface area contributed by atoms with Crippen LogP contribution in [0.1, 0.15) is 13.8 Å². The van der Waals surface area contributed by atoms with Gasteiger partial charge in [0.2, 0.25) is 5.82 Å². The lowest BCUT2D eigenvalue weighted by atomic mass is 10.2. The molecule has 1 aromatic carbocycles. The number of aromatic nitrogens is 4. The third-order valence-electron chi connectivity index (χ3n) is 4.67. The molecule has 7 nitrogen and oxygen atoms in total. The molecule has 0 aliphatic carbocycles. The first-order valence-electron chi connectivity index (χ1n) is 9.37. The summed E-state index contributed by atoms with van der Waals surface area (Å²) >= 11 is 0. The smallest absolute Gasteiger partial charge is 0.263 e. The lowest BCUT2D eigenvalue weighted by Crippen LogP contribution is -2.47. The molecule has 2 aromatic heterocycles. The summed E-state index contributed by atoms with van der Waals surface area (Å²) in [5.74, 6) is 2.56. The van der Waals surface area contributed by atoms with Crippen LogP contribution in [0.3, 0.4) is 0 Å². The van der Waals surface area contributed by atoms with Gasteiger partial charge in [0.15, 0.2) is 0 Å². The molecule has 0 bridgehead atoms. The predicted octanol–water partition coefficient (Wildman–Crippen LogP) is 2.97. The van der Waals surface area contributed by atoms with Gasteiger partial charge in [0.05, 0.1) is 0 Å². The van der Waals surface area contributed by atoms with Gasteiger partial charge in [0, 0.05) is 44.5 Å². The molecule has 1 fully saturated rings. The van der Waals surface area contributed by atoms with Gasteiger partial charge in [0.25, 0.3) is 5.89 Å². The van der Waals surface area contributed by atoms with Gasteiger partial charge in [-0.25, -0.2) is 9.97 Å². The van der Waals surface area contributed by atoms with Crippen LogP contribution in [0.25, 0.3) is 22.8 Å². The number of hydrogen-bond donors (Lipinski definition) is 0. The quantitative estimate of drug-likeness (QED) is 0.689. The van der Waals surface area contributed by atoms with E-state index in [1.54, 1.807) is 12.5 Å². The first-order chi connectivity index (χ1) is 13.2. The Morgan fingerprint density at radius 2 is 1.85 bits per heavy atom. The lowest BCUT2D eigenvalue weighted by Gasteiger charge is -2.36. The fraction of sp³-hybridized carbons (Fsp3) is 0.400. The Morgan fingerprint density at radius 3 is 2.59 bits per heavy atom. The lowest BCUT2D eigenvalue weighted by molar-refractivity contribution is 0.231. The number of hydrogen-bond acceptors (Lipinski definition) is 7. The fourth-order valence-electron chi connectivity index (χ4n) is 3.42. The zero-order valence-corrected chi connectivity index (χ0v) is 15.7. The molecule has 3 aromatic rings. The van der Waals surface area contributed by atoms with Crippen LogP contribution < -0.4 is 4.90 Å². The minimum atomic E-state index is 0.453. The van der Waals surface area contributed by atoms with Gasteiger partial charge in [-0.05, 0) is 5.92 Å². The molecule has 0 N–H and O–H groups in total. The number of nitrogens with zero attached hydrogens (tertiary/aromatic N) is 6. The molecule has 1 aliphatic heterocycles. The van der Waals surface area contributed by atoms with E-state index in [9.17, 15) is 0 Å². The molecule has 1 saturated heterocycles. The van der Waals surface area contributed by atoms with Crippen molar-refractivity contribution in [3.63, 3.8) is 0 Å². The zero-order valence-electron chi connectivity index (χ0n) is 15.7. The van der Waals surface area contributed by atoms with E-state index in [0.717, 1.165) is 49.7 Å². The van der Waals surface area contributed by atoms with Gasteiger partial charge in [-0.2, -0.15) is 4.98 Å². The number of benzene rings is 1. The summed E-state index contributed by atoms with van der Waals surface area (Å²) in [6.07, 6.45) is 3.33.